The maximum Gasteiger partial charge on any atom is 0.326 e. The van der Waals surface area contributed by atoms with Gasteiger partial charge in [-0.25, -0.2) is 4.79 Å². The van der Waals surface area contributed by atoms with E-state index in [1.807, 2.05) is 5.32 Å². The molecule has 6 nitrogen and oxygen atoms in total. The number of hydrogen-bond donors (Lipinski definition) is 3. The molecule has 7 heteroatoms. The summed E-state index contributed by atoms with van der Waals surface area (Å²) in [6.07, 6.45) is -0.669. The molecule has 74 valence electrons. The van der Waals surface area contributed by atoms with Crippen LogP contribution in [0.2, 0.25) is 0 Å². The van der Waals surface area contributed by atoms with Crippen LogP contribution < -0.4 is 5.32 Å². The fourth-order valence-corrected chi connectivity index (χ4v) is 0.685. The van der Waals surface area contributed by atoms with E-state index in [1.54, 1.807) is 0 Å². The Bertz CT molecular complexity index is 229. The van der Waals surface area contributed by atoms with Crippen LogP contribution in [-0.4, -0.2) is 40.0 Å². The zero-order valence-electron chi connectivity index (χ0n) is 6.49. The Balaban J connectivity index is 4.18. The number of carbonyl (C=O) groups excluding carboxylic acids is 1. The summed E-state index contributed by atoms with van der Waals surface area (Å²) in [6.45, 7) is 0. The predicted molar refractivity (Wildman–Crippen MR) is 42.5 cm³/mol. The quantitative estimate of drug-likeness (QED) is 0.518. The minimum absolute atomic E-state index is 0.399. The van der Waals surface area contributed by atoms with E-state index in [0.717, 1.165) is 0 Å². The Morgan fingerprint density at radius 1 is 1.31 bits per heavy atom. The van der Waals surface area contributed by atoms with Crippen molar-refractivity contribution in [3.05, 3.63) is 0 Å². The Kier molecular flexibility index (Phi) is 4.83. The van der Waals surface area contributed by atoms with E-state index in [4.69, 9.17) is 21.8 Å². The highest BCUT2D eigenvalue weighted by Gasteiger charge is 2.22. The second-order valence-electron chi connectivity index (χ2n) is 2.19. The average Bonchev–Trinajstić information content (AvgIpc) is 2.02. The fraction of sp³-hybridized carbons (Fsp3) is 0.500. The van der Waals surface area contributed by atoms with Crippen molar-refractivity contribution in [3.63, 3.8) is 0 Å². The zero-order chi connectivity index (χ0) is 10.4. The zero-order valence-corrected chi connectivity index (χ0v) is 7.24. The van der Waals surface area contributed by atoms with Crippen LogP contribution in [0.15, 0.2) is 0 Å². The summed E-state index contributed by atoms with van der Waals surface area (Å²) in [7, 11) is 0. The fourth-order valence-electron chi connectivity index (χ4n) is 0.608. The normalized spacial score (nSPS) is 11.8. The van der Waals surface area contributed by atoms with E-state index >= 15 is 0 Å². The molecule has 1 atom stereocenters. The van der Waals surface area contributed by atoms with Gasteiger partial charge in [-0.05, 0) is 0 Å². The Morgan fingerprint density at radius 2 is 1.85 bits per heavy atom. The maximum absolute atomic E-state index is 10.6. The third-order valence-electron chi connectivity index (χ3n) is 1.13. The van der Waals surface area contributed by atoms with E-state index in [1.165, 1.54) is 0 Å². The van der Waals surface area contributed by atoms with E-state index in [0.29, 0.717) is 0 Å². The number of halogens is 1. The molecule has 13 heavy (non-hydrogen) atoms. The standard InChI is InChI=1S/C6H8ClNO5/c7-2-4(9)8-3(6(12)13)1-5(10)11/h3H,1-2H2,(H,8,9)(H,10,11)(H,12,13)/t3-/m1/s1. The number of amides is 1. The van der Waals surface area contributed by atoms with E-state index in [9.17, 15) is 14.4 Å². The van der Waals surface area contributed by atoms with Crippen molar-refractivity contribution in [2.45, 2.75) is 12.5 Å². The topological polar surface area (TPSA) is 104 Å². The van der Waals surface area contributed by atoms with Crippen LogP contribution >= 0.6 is 11.6 Å². The van der Waals surface area contributed by atoms with Gasteiger partial charge in [0.1, 0.15) is 11.9 Å². The first kappa shape index (κ1) is 11.7. The molecule has 0 aromatic rings. The molecule has 1 amide bonds. The lowest BCUT2D eigenvalue weighted by Gasteiger charge is -2.10. The molecule has 0 fully saturated rings. The van der Waals surface area contributed by atoms with Crippen LogP contribution in [0.1, 0.15) is 6.42 Å². The largest absolute Gasteiger partial charge is 0.481 e. The van der Waals surface area contributed by atoms with Crippen molar-refractivity contribution in [3.8, 4) is 0 Å². The van der Waals surface area contributed by atoms with Crippen molar-refractivity contribution >= 4 is 29.4 Å². The van der Waals surface area contributed by atoms with Gasteiger partial charge in [0.2, 0.25) is 5.91 Å². The number of carboxylic acids is 2. The average molecular weight is 210 g/mol. The van der Waals surface area contributed by atoms with Gasteiger partial charge in [-0.15, -0.1) is 11.6 Å². The molecule has 0 rings (SSSR count). The van der Waals surface area contributed by atoms with Crippen molar-refractivity contribution < 1.29 is 24.6 Å². The van der Waals surface area contributed by atoms with Crippen LogP contribution in [0.4, 0.5) is 0 Å². The molecule has 0 aromatic carbocycles. The first-order valence-corrected chi connectivity index (χ1v) is 3.80. The lowest BCUT2D eigenvalue weighted by atomic mass is 10.2. The monoisotopic (exact) mass is 209 g/mol. The molecule has 0 radical (unpaired) electrons. The Morgan fingerprint density at radius 3 is 2.15 bits per heavy atom. The van der Waals surface area contributed by atoms with Gasteiger partial charge in [-0.3, -0.25) is 9.59 Å². The first-order valence-electron chi connectivity index (χ1n) is 3.27. The summed E-state index contributed by atoms with van der Waals surface area (Å²) in [6, 6.07) is -1.43. The highest BCUT2D eigenvalue weighted by molar-refractivity contribution is 6.27. The number of alkyl halides is 1. The van der Waals surface area contributed by atoms with Gasteiger partial charge in [0.25, 0.3) is 0 Å². The Labute approximate surface area is 78.5 Å². The highest BCUT2D eigenvalue weighted by atomic mass is 35.5. The first-order chi connectivity index (χ1) is 5.97. The maximum atomic E-state index is 10.6. The number of carbonyl (C=O) groups is 3. The second kappa shape index (κ2) is 5.36. The van der Waals surface area contributed by atoms with Crippen molar-refractivity contribution in [1.29, 1.82) is 0 Å². The third-order valence-corrected chi connectivity index (χ3v) is 1.38. The van der Waals surface area contributed by atoms with Crippen molar-refractivity contribution in [2.75, 3.05) is 5.88 Å². The minimum Gasteiger partial charge on any atom is -0.481 e. The van der Waals surface area contributed by atoms with Crippen LogP contribution in [0.3, 0.4) is 0 Å². The van der Waals surface area contributed by atoms with Crippen LogP contribution in [0.25, 0.3) is 0 Å². The van der Waals surface area contributed by atoms with Gasteiger partial charge in [-0.1, -0.05) is 0 Å². The van der Waals surface area contributed by atoms with Crippen molar-refractivity contribution in [2.24, 2.45) is 0 Å². The summed E-state index contributed by atoms with van der Waals surface area (Å²) in [5.74, 6) is -3.82. The molecule has 0 spiro atoms. The SMILES string of the molecule is O=C(O)C[C@@H](NC(=O)CCl)C(=O)O. The van der Waals surface area contributed by atoms with Gasteiger partial charge in [0, 0.05) is 0 Å². The van der Waals surface area contributed by atoms with Gasteiger partial charge in [-0.2, -0.15) is 0 Å². The lowest BCUT2D eigenvalue weighted by Crippen LogP contribution is -2.42. The van der Waals surface area contributed by atoms with Gasteiger partial charge >= 0.3 is 11.9 Å². The molecule has 0 aliphatic heterocycles. The van der Waals surface area contributed by atoms with Gasteiger partial charge in [0.15, 0.2) is 0 Å². The molecule has 0 unspecified atom stereocenters. The molecule has 0 aliphatic carbocycles. The van der Waals surface area contributed by atoms with Gasteiger partial charge in [0.05, 0.1) is 6.42 Å². The molecule has 0 heterocycles. The Hall–Kier alpha value is -1.30. The second-order valence-corrected chi connectivity index (χ2v) is 2.46. The molecular formula is C6H8ClNO5. The molecule has 3 N–H and O–H groups in total. The van der Waals surface area contributed by atoms with Crippen LogP contribution in [0, 0.1) is 0 Å². The van der Waals surface area contributed by atoms with E-state index in [2.05, 4.69) is 0 Å². The van der Waals surface area contributed by atoms with Gasteiger partial charge < -0.3 is 15.5 Å². The molecular weight excluding hydrogens is 202 g/mol. The molecule has 0 aromatic heterocycles. The number of rotatable bonds is 5. The van der Waals surface area contributed by atoms with Crippen molar-refractivity contribution in [1.82, 2.24) is 5.32 Å². The molecule has 0 bridgehead atoms. The molecule has 0 aliphatic rings. The summed E-state index contributed by atoms with van der Waals surface area (Å²) >= 11 is 5.08. The molecule has 0 saturated carbocycles. The smallest absolute Gasteiger partial charge is 0.326 e. The van der Waals surface area contributed by atoms with E-state index < -0.39 is 36.2 Å². The van der Waals surface area contributed by atoms with Crippen LogP contribution in [0.5, 0.6) is 0 Å². The lowest BCUT2D eigenvalue weighted by molar-refractivity contribution is -0.147. The number of nitrogens with one attached hydrogen (secondary N) is 1. The predicted octanol–water partition coefficient (Wildman–Crippen LogP) is -0.731. The van der Waals surface area contributed by atoms with E-state index in [-0.39, 0.29) is 0 Å². The number of aliphatic carboxylic acids is 2. The van der Waals surface area contributed by atoms with Crippen LogP contribution in [-0.2, 0) is 14.4 Å². The highest BCUT2D eigenvalue weighted by Crippen LogP contribution is 1.93. The summed E-state index contributed by atoms with van der Waals surface area (Å²) < 4.78 is 0. The number of carboxylic acid groups (broad SMARTS) is 2. The molecule has 0 saturated heterocycles. The number of hydrogen-bond acceptors (Lipinski definition) is 3. The summed E-state index contributed by atoms with van der Waals surface area (Å²) in [5.41, 5.74) is 0. The minimum atomic E-state index is -1.43. The summed E-state index contributed by atoms with van der Waals surface area (Å²) in [4.78, 5) is 31.1. The summed E-state index contributed by atoms with van der Waals surface area (Å²) in [5, 5.41) is 18.7. The third kappa shape index (κ3) is 5.02.